The highest BCUT2D eigenvalue weighted by molar-refractivity contribution is 7.86. The van der Waals surface area contributed by atoms with E-state index in [1.165, 1.54) is 156 Å². The maximum Gasteiger partial charge on any atom is 0.264 e. The third kappa shape index (κ3) is 23.1. The Balaban J connectivity index is 1.15. The number of hydrogen-bond acceptors (Lipinski definition) is 44. The largest absolute Gasteiger partial charge is 0.382 e. The number of rotatable bonds is 34. The molecule has 0 spiro atoms. The molecule has 30 rings (SSSR count). The Morgan fingerprint density at radius 1 is 0.169 bits per heavy atom. The summed E-state index contributed by atoms with van der Waals surface area (Å²) in [7, 11) is 23.0. The molecule has 0 aromatic heterocycles. The van der Waals surface area contributed by atoms with Gasteiger partial charge in [-0.15, -0.1) is 0 Å². The summed E-state index contributed by atoms with van der Waals surface area (Å²) in [6.45, 7) is -2.30. The Hall–Kier alpha value is -1.70. The van der Waals surface area contributed by atoms with Crippen molar-refractivity contribution < 1.29 is 205 Å². The van der Waals surface area contributed by atoms with Crippen LogP contribution in [0.5, 0.6) is 0 Å². The first-order chi connectivity index (χ1) is 56.8. The summed E-state index contributed by atoms with van der Waals surface area (Å²) < 4.78 is 309. The average Bonchev–Trinajstić information content (AvgIpc) is 0.751. The van der Waals surface area contributed by atoms with E-state index < -0.39 is 279 Å². The minimum atomic E-state index is -4.20. The van der Waals surface area contributed by atoms with Gasteiger partial charge in [-0.2, -0.15) is 16.8 Å². The van der Waals surface area contributed by atoms with E-state index in [9.17, 15) is 16.8 Å². The molecule has 0 saturated carbocycles. The molecule has 40 atom stereocenters. The van der Waals surface area contributed by atoms with Crippen LogP contribution in [-0.2, 0) is 209 Å². The highest BCUT2D eigenvalue weighted by Gasteiger charge is 2.63. The van der Waals surface area contributed by atoms with Gasteiger partial charge < -0.3 is 180 Å². The molecule has 0 N–H and O–H groups in total. The molecule has 30 aliphatic heterocycles. The molecule has 30 aliphatic rings. The SMILES string of the molecule is COCC1OC2OC3C(COC)OC(OC4C(COS(C)(=O)=O)OC(OC5C(COC)OC(OC6C(COC)OC(OC7C(COC)OC(OC8C(COS(C)(=O)=O)OC(OC9C(COC)OC(OC1C(OC)C2OC)C(OC)C9OC)C(OC)C8OC)C(OC)C7OC)C(OC)C6OC)C(OC)C5OC)C(OC)C4OC)C(OC)C3OC. The van der Waals surface area contributed by atoms with Gasteiger partial charge in [0.2, 0.25) is 0 Å². The van der Waals surface area contributed by atoms with Crippen molar-refractivity contribution in [1.29, 1.82) is 0 Å². The fraction of sp³-hybridized carbons (Fsp3) is 1.00. The van der Waals surface area contributed by atoms with Crippen LogP contribution in [0, 0.1) is 0 Å². The lowest BCUT2D eigenvalue weighted by atomic mass is 9.94. The Kier molecular flexibility index (Phi) is 40.2. The first kappa shape index (κ1) is 100. The van der Waals surface area contributed by atoms with Gasteiger partial charge in [-0.25, -0.2) is 0 Å². The van der Waals surface area contributed by atoms with Gasteiger partial charge in [0, 0.05) is 156 Å². The van der Waals surface area contributed by atoms with Gasteiger partial charge in [-0.1, -0.05) is 0 Å². The first-order valence-corrected chi connectivity index (χ1v) is 42.0. The molecule has 118 heavy (non-hydrogen) atoms. The van der Waals surface area contributed by atoms with Crippen LogP contribution in [0.1, 0.15) is 0 Å². The van der Waals surface area contributed by atoms with Crippen LogP contribution in [0.3, 0.4) is 0 Å². The minimum Gasteiger partial charge on any atom is -0.382 e. The van der Waals surface area contributed by atoms with Gasteiger partial charge in [0.1, 0.15) is 195 Å². The molecule has 30 heterocycles. The van der Waals surface area contributed by atoms with Gasteiger partial charge in [-0.3, -0.25) is 8.37 Å². The fourth-order valence-corrected chi connectivity index (χ4v) is 17.8. The minimum absolute atomic E-state index is 0.140. The van der Waals surface area contributed by atoms with Crippen molar-refractivity contribution in [3.8, 4) is 0 Å². The van der Waals surface area contributed by atoms with Crippen molar-refractivity contribution in [3.05, 3.63) is 0 Å². The summed E-state index contributed by atoms with van der Waals surface area (Å²) in [6, 6.07) is 0. The Labute approximate surface area is 690 Å². The third-order valence-electron chi connectivity index (χ3n) is 22.3. The van der Waals surface area contributed by atoms with Crippen molar-refractivity contribution in [1.82, 2.24) is 0 Å². The van der Waals surface area contributed by atoms with Crippen LogP contribution in [0.15, 0.2) is 0 Å². The molecule has 0 aromatic rings. The first-order valence-electron chi connectivity index (χ1n) is 38.4. The monoisotopic (exact) mass is 1760 g/mol. The van der Waals surface area contributed by atoms with Crippen molar-refractivity contribution in [3.63, 3.8) is 0 Å². The quantitative estimate of drug-likeness (QED) is 0.0578. The zero-order valence-electron chi connectivity index (χ0n) is 71.5. The van der Waals surface area contributed by atoms with E-state index in [0.717, 1.165) is 12.5 Å². The Bertz CT molecular complexity index is 2880. The van der Waals surface area contributed by atoms with Crippen LogP contribution in [0.2, 0.25) is 0 Å². The topological polar surface area (TPSA) is 437 Å². The van der Waals surface area contributed by atoms with E-state index in [1.54, 1.807) is 0 Å². The van der Waals surface area contributed by atoms with E-state index in [4.69, 9.17) is 188 Å². The molecule has 0 radical (unpaired) electrons. The lowest BCUT2D eigenvalue weighted by Crippen LogP contribution is -2.70. The van der Waals surface area contributed by atoms with Gasteiger partial charge in [0.05, 0.1) is 65.4 Å². The van der Waals surface area contributed by atoms with E-state index in [2.05, 4.69) is 0 Å². The lowest BCUT2D eigenvalue weighted by Gasteiger charge is -2.53. The molecule has 30 fully saturated rings. The lowest BCUT2D eigenvalue weighted by molar-refractivity contribution is -0.409. The summed E-state index contributed by atoms with van der Waals surface area (Å²) in [5.41, 5.74) is 0. The number of ether oxygens (including phenoxy) is 38. The zero-order valence-corrected chi connectivity index (χ0v) is 73.2. The van der Waals surface area contributed by atoms with Crippen molar-refractivity contribution in [2.24, 2.45) is 0 Å². The van der Waals surface area contributed by atoms with E-state index in [-0.39, 0.29) is 39.6 Å². The predicted octanol–water partition coefficient (Wildman–Crippen LogP) is -3.05. The normalized spacial score (nSPS) is 44.6. The number of methoxy groups -OCH3 is 22. The summed E-state index contributed by atoms with van der Waals surface area (Å²) >= 11 is 0. The van der Waals surface area contributed by atoms with E-state index in [0.29, 0.717) is 0 Å². The molecule has 30 saturated heterocycles. The van der Waals surface area contributed by atoms with Crippen LogP contribution in [0.4, 0.5) is 0 Å². The molecular weight excluding hydrogens is 1630 g/mol. The summed E-state index contributed by atoms with van der Waals surface area (Å²) in [6.07, 6.45) is -47.0. The van der Waals surface area contributed by atoms with Crippen molar-refractivity contribution in [2.75, 3.05) is 222 Å². The number of hydrogen-bond donors (Lipinski definition) is 0. The van der Waals surface area contributed by atoms with Crippen molar-refractivity contribution in [2.45, 2.75) is 246 Å². The molecule has 0 aliphatic carbocycles. The van der Waals surface area contributed by atoms with Crippen LogP contribution in [0.25, 0.3) is 0 Å². The standard InChI is InChI=1S/C72H128O44S2/c1-77-25-33-41-49(83-7)57(91-15)65(101-33)111-43-35(27-79-3)105-69(61(95-19)51(43)85-9)115-47-39(31-99-117(23,73)74)108-72(64(98-22)55(47)89-13)114-46-38(30-82-6)104-68(60(94-18)54(46)88-12)110-42-34(26-78-2)102-66(58(92-16)50(42)84-8)112-44-36(28-80-4)106-70(62(96-20)52(44)86-10)116-48-40(32-100-118(24,75)76)107-71(63(97-21)56(48)90-14)113-45-37(29-81-5)103-67(109-41)59(93-17)53(45)87-11/h33-72H,25-32H2,1-24H3. The summed E-state index contributed by atoms with van der Waals surface area (Å²) in [4.78, 5) is 0. The van der Waals surface area contributed by atoms with Crippen LogP contribution >= 0.6 is 0 Å². The van der Waals surface area contributed by atoms with Gasteiger partial charge in [-0.05, 0) is 0 Å². The summed E-state index contributed by atoms with van der Waals surface area (Å²) in [5, 5.41) is 0. The maximum absolute atomic E-state index is 13.1. The molecule has 46 heteroatoms. The molecule has 44 nitrogen and oxygen atoms in total. The van der Waals surface area contributed by atoms with Crippen LogP contribution < -0.4 is 0 Å². The highest BCUT2D eigenvalue weighted by atomic mass is 32.2. The zero-order chi connectivity index (χ0) is 86.0. The third-order valence-corrected chi connectivity index (χ3v) is 23.4. The average molecular weight is 1760 g/mol. The fourth-order valence-electron chi connectivity index (χ4n) is 17.0. The maximum atomic E-state index is 13.1. The molecule has 40 unspecified atom stereocenters. The van der Waals surface area contributed by atoms with Gasteiger partial charge in [0.25, 0.3) is 20.2 Å². The highest BCUT2D eigenvalue weighted by Crippen LogP contribution is 2.44. The second-order valence-corrected chi connectivity index (χ2v) is 32.4. The molecule has 692 valence electrons. The smallest absolute Gasteiger partial charge is 0.264 e. The molecule has 0 aromatic carbocycles. The Morgan fingerprint density at radius 3 is 0.373 bits per heavy atom. The van der Waals surface area contributed by atoms with E-state index >= 15 is 0 Å². The van der Waals surface area contributed by atoms with Gasteiger partial charge in [0.15, 0.2) is 50.3 Å². The summed E-state index contributed by atoms with van der Waals surface area (Å²) in [5.74, 6) is 0. The van der Waals surface area contributed by atoms with Gasteiger partial charge >= 0.3 is 0 Å². The molecule has 16 bridgehead atoms. The Morgan fingerprint density at radius 2 is 0.280 bits per heavy atom. The van der Waals surface area contributed by atoms with Crippen LogP contribution in [-0.4, -0.2) is 484 Å². The molecule has 0 amide bonds. The second-order valence-electron chi connectivity index (χ2n) is 29.1. The van der Waals surface area contributed by atoms with E-state index in [1.807, 2.05) is 0 Å². The predicted molar refractivity (Wildman–Crippen MR) is 394 cm³/mol. The molecular formula is C72H128O44S2. The van der Waals surface area contributed by atoms with Crippen molar-refractivity contribution >= 4 is 20.2 Å². The second kappa shape index (κ2) is 47.4.